The normalized spacial score (nSPS) is 18.5. The zero-order valence-corrected chi connectivity index (χ0v) is 23.9. The molecule has 0 bridgehead atoms. The van der Waals surface area contributed by atoms with Crippen LogP contribution in [0.2, 0.25) is 0 Å². The summed E-state index contributed by atoms with van der Waals surface area (Å²) in [7, 11) is 0. The van der Waals surface area contributed by atoms with Gasteiger partial charge in [0.05, 0.1) is 12.6 Å². The van der Waals surface area contributed by atoms with E-state index in [2.05, 4.69) is 20.4 Å². The lowest BCUT2D eigenvalue weighted by atomic mass is 10.0. The lowest BCUT2D eigenvalue weighted by Crippen LogP contribution is -2.71. The van der Waals surface area contributed by atoms with Crippen LogP contribution in [-0.2, 0) is 30.6 Å². The predicted octanol–water partition coefficient (Wildman–Crippen LogP) is -0.682. The van der Waals surface area contributed by atoms with E-state index in [9.17, 15) is 24.3 Å². The van der Waals surface area contributed by atoms with Crippen molar-refractivity contribution in [3.05, 3.63) is 28.4 Å². The van der Waals surface area contributed by atoms with E-state index in [1.165, 1.54) is 28.9 Å². The molecule has 0 saturated carbocycles. The van der Waals surface area contributed by atoms with Crippen LogP contribution in [0.1, 0.15) is 19.0 Å². The number of anilines is 3. The fourth-order valence-corrected chi connectivity index (χ4v) is 7.10. The third kappa shape index (κ3) is 6.46. The molecule has 4 rings (SSSR count). The van der Waals surface area contributed by atoms with Gasteiger partial charge in [-0.25, -0.2) is 19.1 Å². The van der Waals surface area contributed by atoms with Gasteiger partial charge in [-0.15, -0.1) is 23.1 Å². The van der Waals surface area contributed by atoms with Gasteiger partial charge in [0.1, 0.15) is 22.8 Å². The van der Waals surface area contributed by atoms with Gasteiger partial charge in [-0.1, -0.05) is 17.1 Å². The first-order valence-corrected chi connectivity index (χ1v) is 14.9. The van der Waals surface area contributed by atoms with E-state index in [1.54, 1.807) is 10.6 Å². The monoisotopic (exact) mass is 624 g/mol. The van der Waals surface area contributed by atoms with Gasteiger partial charge in [0.15, 0.2) is 10.8 Å². The smallest absolute Gasteiger partial charge is 0.352 e. The van der Waals surface area contributed by atoms with Crippen LogP contribution in [0.15, 0.2) is 33.0 Å². The van der Waals surface area contributed by atoms with Gasteiger partial charge in [-0.05, 0) is 23.8 Å². The van der Waals surface area contributed by atoms with Crippen molar-refractivity contribution in [1.82, 2.24) is 20.2 Å². The van der Waals surface area contributed by atoms with Crippen molar-refractivity contribution >= 4 is 81.1 Å². The number of amides is 2. The largest absolute Gasteiger partial charge is 0.479 e. The lowest BCUT2D eigenvalue weighted by molar-refractivity contribution is -0.723. The molecule has 2 aromatic heterocycles. The predicted molar refractivity (Wildman–Crippen MR) is 151 cm³/mol. The molecule has 2 aliphatic heterocycles. The lowest BCUT2D eigenvalue weighted by Gasteiger charge is -2.49. The Balaban J connectivity index is 1.51. The summed E-state index contributed by atoms with van der Waals surface area (Å²) < 4.78 is 1.79. The first-order chi connectivity index (χ1) is 19.5. The highest BCUT2D eigenvalue weighted by Gasteiger charge is 2.54. The highest BCUT2D eigenvalue weighted by Crippen LogP contribution is 2.41. The van der Waals surface area contributed by atoms with Gasteiger partial charge in [0.25, 0.3) is 11.8 Å². The molecule has 16 nitrogen and oxygen atoms in total. The molecule has 2 aromatic rings. The number of thioether (sulfide) groups is 2. The molecule has 0 radical (unpaired) electrons. The summed E-state index contributed by atoms with van der Waals surface area (Å²) in [6.45, 7) is 1.76. The second-order valence-corrected chi connectivity index (χ2v) is 11.6. The number of nitrogens with one attached hydrogen (secondary N) is 1. The molecule has 1 fully saturated rings. The maximum atomic E-state index is 13.1. The second-order valence-electron chi connectivity index (χ2n) is 8.63. The minimum atomic E-state index is -1.31. The Kier molecular flexibility index (Phi) is 9.18. The Morgan fingerprint density at radius 3 is 2.68 bits per heavy atom. The number of aliphatic carboxylic acids is 2. The molecule has 9 N–H and O–H groups in total. The summed E-state index contributed by atoms with van der Waals surface area (Å²) in [6, 6.07) is 0.479. The van der Waals surface area contributed by atoms with E-state index in [0.29, 0.717) is 23.1 Å². The van der Waals surface area contributed by atoms with E-state index in [1.807, 2.05) is 6.92 Å². The molecule has 218 valence electrons. The Labute approximate surface area is 245 Å². The summed E-state index contributed by atoms with van der Waals surface area (Å²) in [5.74, 6) is -2.95. The van der Waals surface area contributed by atoms with Gasteiger partial charge in [-0.3, -0.25) is 14.5 Å². The molecule has 41 heavy (non-hydrogen) atoms. The Hall–Kier alpha value is -4.10. The average molecular weight is 625 g/mol. The van der Waals surface area contributed by atoms with E-state index in [0.717, 1.165) is 22.7 Å². The number of thiazole rings is 1. The van der Waals surface area contributed by atoms with Gasteiger partial charge in [0, 0.05) is 16.9 Å². The van der Waals surface area contributed by atoms with Gasteiger partial charge in [-0.2, -0.15) is 0 Å². The first-order valence-electron chi connectivity index (χ1n) is 11.9. The van der Waals surface area contributed by atoms with Crippen LogP contribution in [0.3, 0.4) is 0 Å². The minimum absolute atomic E-state index is 0.0249. The van der Waals surface area contributed by atoms with Crippen LogP contribution in [-0.4, -0.2) is 84.1 Å². The number of carboxylic acids is 2. The van der Waals surface area contributed by atoms with Crippen molar-refractivity contribution in [2.75, 3.05) is 35.3 Å². The fraction of sp³-hybridized carbons (Fsp3) is 0.364. The molecule has 19 heteroatoms. The summed E-state index contributed by atoms with van der Waals surface area (Å²) in [5.41, 5.74) is 17.6. The molecule has 1 unspecified atom stereocenters. The SMILES string of the molecule is CCC[n+]1c(N)cc(N)nc1SCC1=C(C(=O)O)N2C(=O)C(NC(=O)/C(=N\OCC(=O)O)c3csc(N)n3)[C@H]2SC1. The standard InChI is InChI=1S/C22H25N9O7S3/c1-2-3-30-12(24)4-11(23)27-22(30)41-7-9-6-39-19-15(18(35)31(19)16(9)20(36)37)28-17(34)14(29-38-5-13(32)33)10-8-40-21(25)26-10/h4,8,15,19H,2-3,5-7H2,1H3,(H8,23,24,25,26,28,32,33,34,36,37)/p+1/b29-14-/t15?,19-/m1/s1. The third-order valence-electron chi connectivity index (χ3n) is 5.75. The number of hydrogen-bond donors (Lipinski definition) is 6. The van der Waals surface area contributed by atoms with Crippen LogP contribution < -0.4 is 27.1 Å². The molecular formula is C22H26N9O7S3+. The number of β-lactam (4-membered cyclic amide) rings is 1. The van der Waals surface area contributed by atoms with Crippen LogP contribution in [0, 0.1) is 0 Å². The summed E-state index contributed by atoms with van der Waals surface area (Å²) in [5, 5.41) is 26.3. The second kappa shape index (κ2) is 12.6. The maximum absolute atomic E-state index is 13.1. The number of carbonyl (C=O) groups is 4. The van der Waals surface area contributed by atoms with E-state index >= 15 is 0 Å². The van der Waals surface area contributed by atoms with Crippen molar-refractivity contribution in [2.45, 2.75) is 36.5 Å². The van der Waals surface area contributed by atoms with E-state index in [-0.39, 0.29) is 39.6 Å². The Bertz CT molecular complexity index is 1460. The highest BCUT2D eigenvalue weighted by atomic mass is 32.2. The number of nitrogen functional groups attached to an aromatic ring is 3. The number of aromatic nitrogens is 3. The number of nitrogens with two attached hydrogens (primary N) is 3. The van der Waals surface area contributed by atoms with Crippen molar-refractivity contribution < 1.29 is 38.8 Å². The third-order valence-corrected chi connectivity index (χ3v) is 8.82. The molecule has 0 aliphatic carbocycles. The molecule has 0 aromatic carbocycles. The van der Waals surface area contributed by atoms with Crippen LogP contribution in [0.4, 0.5) is 16.8 Å². The van der Waals surface area contributed by atoms with Crippen molar-refractivity contribution in [3.63, 3.8) is 0 Å². The van der Waals surface area contributed by atoms with E-state index in [4.69, 9.17) is 27.1 Å². The number of rotatable bonds is 12. The zero-order valence-electron chi connectivity index (χ0n) is 21.5. The maximum Gasteiger partial charge on any atom is 0.352 e. The minimum Gasteiger partial charge on any atom is -0.479 e. The zero-order chi connectivity index (χ0) is 29.8. The quantitative estimate of drug-likeness (QED) is 0.0427. The molecule has 2 aliphatic rings. The Morgan fingerprint density at radius 2 is 2.05 bits per heavy atom. The number of nitrogens with zero attached hydrogens (tertiary/aromatic N) is 5. The number of carboxylic acid groups (broad SMARTS) is 2. The van der Waals surface area contributed by atoms with Crippen LogP contribution in [0.5, 0.6) is 0 Å². The van der Waals surface area contributed by atoms with Crippen molar-refractivity contribution in [2.24, 2.45) is 5.16 Å². The van der Waals surface area contributed by atoms with Crippen LogP contribution >= 0.6 is 34.9 Å². The summed E-state index contributed by atoms with van der Waals surface area (Å²) in [4.78, 5) is 63.4. The van der Waals surface area contributed by atoms with Crippen molar-refractivity contribution in [3.8, 4) is 0 Å². The van der Waals surface area contributed by atoms with Gasteiger partial charge in [0.2, 0.25) is 18.2 Å². The summed E-state index contributed by atoms with van der Waals surface area (Å²) in [6.07, 6.45) is 0.790. The highest BCUT2D eigenvalue weighted by molar-refractivity contribution is 8.01. The Morgan fingerprint density at radius 1 is 1.29 bits per heavy atom. The molecule has 2 amide bonds. The van der Waals surface area contributed by atoms with Gasteiger partial charge >= 0.3 is 17.1 Å². The average Bonchev–Trinajstić information content (AvgIpc) is 3.34. The first kappa shape index (κ1) is 29.9. The number of fused-ring (bicyclic) bond motifs is 1. The number of carbonyl (C=O) groups excluding carboxylic acids is 2. The number of oxime groups is 1. The fourth-order valence-electron chi connectivity index (χ4n) is 4.01. The molecule has 0 spiro atoms. The molecule has 2 atom stereocenters. The topological polar surface area (TPSA) is 253 Å². The molecular weight excluding hydrogens is 598 g/mol. The van der Waals surface area contributed by atoms with E-state index < -0.39 is 41.8 Å². The van der Waals surface area contributed by atoms with Crippen LogP contribution in [0.25, 0.3) is 0 Å². The molecule has 1 saturated heterocycles. The number of hydrogen-bond acceptors (Lipinski definition) is 14. The summed E-state index contributed by atoms with van der Waals surface area (Å²) >= 11 is 3.56. The van der Waals surface area contributed by atoms with Crippen molar-refractivity contribution in [1.29, 1.82) is 0 Å². The van der Waals surface area contributed by atoms with Gasteiger partial charge < -0.3 is 37.6 Å². The molecule has 4 heterocycles.